The Hall–Kier alpha value is -2.48. The summed E-state index contributed by atoms with van der Waals surface area (Å²) in [5, 5.41) is 4.91. The van der Waals surface area contributed by atoms with Gasteiger partial charge in [0.15, 0.2) is 0 Å². The van der Waals surface area contributed by atoms with Crippen LogP contribution in [0.15, 0.2) is 131 Å². The Bertz CT molecular complexity index is 1300. The fourth-order valence-electron chi connectivity index (χ4n) is 4.52. The molecule has 0 fully saturated rings. The number of hydrogen-bond acceptors (Lipinski definition) is 2. The molecule has 0 aliphatic heterocycles. The van der Waals surface area contributed by atoms with Crippen LogP contribution < -0.4 is 31.8 Å². The van der Waals surface area contributed by atoms with Crippen molar-refractivity contribution in [3.05, 3.63) is 133 Å². The van der Waals surface area contributed by atoms with E-state index in [-0.39, 0.29) is 11.6 Å². The molecule has 0 aromatic heterocycles. The maximum absolute atomic E-state index is 17.0. The second-order valence-corrected chi connectivity index (χ2v) is 14.3. The fourth-order valence-corrected chi connectivity index (χ4v) is 11.6. The molecule has 0 heterocycles. The third kappa shape index (κ3) is 5.33. The first-order valence-electron chi connectivity index (χ1n) is 12.1. The van der Waals surface area contributed by atoms with E-state index in [1.54, 1.807) is 0 Å². The van der Waals surface area contributed by atoms with Crippen LogP contribution in [0.2, 0.25) is 0 Å². The standard InChI is InChI=1S/C32H26F2P2S2/c1-37-31-27(33)30(36(25-19-11-5-12-20-25)26-21-13-6-14-22-26)32(38-2)28(34)29(31)35(23-15-7-3-8-16-23)24-17-9-4-10-18-24/h3-22H,1-2H3. The van der Waals surface area contributed by atoms with E-state index in [4.69, 9.17) is 0 Å². The van der Waals surface area contributed by atoms with Crippen molar-refractivity contribution in [1.82, 2.24) is 0 Å². The predicted octanol–water partition coefficient (Wildman–Crippen LogP) is 6.93. The highest BCUT2D eigenvalue weighted by molar-refractivity contribution is 8.00. The van der Waals surface area contributed by atoms with E-state index < -0.39 is 15.8 Å². The van der Waals surface area contributed by atoms with Gasteiger partial charge in [-0.2, -0.15) is 0 Å². The van der Waals surface area contributed by atoms with Crippen LogP contribution in [0.25, 0.3) is 0 Å². The summed E-state index contributed by atoms with van der Waals surface area (Å²) in [6, 6.07) is 39.7. The summed E-state index contributed by atoms with van der Waals surface area (Å²) in [6.07, 6.45) is 3.70. The van der Waals surface area contributed by atoms with Crippen molar-refractivity contribution in [2.24, 2.45) is 0 Å². The lowest BCUT2D eigenvalue weighted by atomic mass is 10.3. The summed E-state index contributed by atoms with van der Waals surface area (Å²) in [5.74, 6) is -0.618. The van der Waals surface area contributed by atoms with Crippen LogP contribution in [0.5, 0.6) is 0 Å². The summed E-state index contributed by atoms with van der Waals surface area (Å²) < 4.78 is 34.0. The van der Waals surface area contributed by atoms with Gasteiger partial charge in [-0.15, -0.1) is 23.5 Å². The largest absolute Gasteiger partial charge is 0.205 e. The van der Waals surface area contributed by atoms with Gasteiger partial charge >= 0.3 is 0 Å². The molecule has 0 saturated heterocycles. The molecule has 0 amide bonds. The van der Waals surface area contributed by atoms with Gasteiger partial charge in [0.05, 0.1) is 9.79 Å². The van der Waals surface area contributed by atoms with Gasteiger partial charge < -0.3 is 0 Å². The number of thioether (sulfide) groups is 2. The Labute approximate surface area is 234 Å². The minimum Gasteiger partial charge on any atom is -0.205 e. The van der Waals surface area contributed by atoms with Crippen LogP contribution in [-0.4, -0.2) is 12.5 Å². The van der Waals surface area contributed by atoms with Gasteiger partial charge in [-0.1, -0.05) is 121 Å². The summed E-state index contributed by atoms with van der Waals surface area (Å²) >= 11 is 2.59. The van der Waals surface area contributed by atoms with E-state index in [1.165, 1.54) is 23.5 Å². The third-order valence-electron chi connectivity index (χ3n) is 6.16. The van der Waals surface area contributed by atoms with Gasteiger partial charge in [0.1, 0.15) is 11.6 Å². The minimum atomic E-state index is -1.31. The molecule has 0 N–H and O–H groups in total. The van der Waals surface area contributed by atoms with E-state index in [0.29, 0.717) is 20.4 Å². The van der Waals surface area contributed by atoms with Crippen LogP contribution in [0, 0.1) is 11.6 Å². The molecule has 190 valence electrons. The first kappa shape index (κ1) is 27.1. The van der Waals surface area contributed by atoms with Gasteiger partial charge in [-0.25, -0.2) is 8.78 Å². The van der Waals surface area contributed by atoms with E-state index >= 15 is 8.78 Å². The fraction of sp³-hybridized carbons (Fsp3) is 0.0625. The van der Waals surface area contributed by atoms with E-state index in [1.807, 2.05) is 134 Å². The zero-order valence-corrected chi connectivity index (χ0v) is 24.4. The van der Waals surface area contributed by atoms with Crippen LogP contribution in [0.3, 0.4) is 0 Å². The Balaban J connectivity index is 1.84. The van der Waals surface area contributed by atoms with Crippen LogP contribution >= 0.6 is 39.4 Å². The molecule has 5 rings (SSSR count). The molecular formula is C32H26F2P2S2. The number of halogens is 2. The molecule has 6 heteroatoms. The normalized spacial score (nSPS) is 11.3. The highest BCUT2D eigenvalue weighted by Gasteiger charge is 2.34. The highest BCUT2D eigenvalue weighted by Crippen LogP contribution is 2.45. The predicted molar refractivity (Wildman–Crippen MR) is 167 cm³/mol. The molecule has 5 aromatic rings. The second-order valence-electron chi connectivity index (χ2n) is 8.40. The van der Waals surface area contributed by atoms with Crippen molar-refractivity contribution in [3.8, 4) is 0 Å². The lowest BCUT2D eigenvalue weighted by Gasteiger charge is -2.28. The monoisotopic (exact) mass is 574 g/mol. The minimum absolute atomic E-state index is 0.309. The maximum atomic E-state index is 17.0. The first-order chi connectivity index (χ1) is 18.7. The quantitative estimate of drug-likeness (QED) is 0.146. The van der Waals surface area contributed by atoms with Gasteiger partial charge in [-0.05, 0) is 49.6 Å². The summed E-state index contributed by atoms with van der Waals surface area (Å²) in [6.45, 7) is 0. The van der Waals surface area contributed by atoms with Crippen molar-refractivity contribution in [3.63, 3.8) is 0 Å². The topological polar surface area (TPSA) is 0 Å². The zero-order valence-electron chi connectivity index (χ0n) is 21.0. The van der Waals surface area contributed by atoms with E-state index in [9.17, 15) is 0 Å². The van der Waals surface area contributed by atoms with Crippen LogP contribution in [0.1, 0.15) is 0 Å². The van der Waals surface area contributed by atoms with Crippen LogP contribution in [0.4, 0.5) is 8.78 Å². The highest BCUT2D eigenvalue weighted by atomic mass is 32.2. The molecule has 0 bridgehead atoms. The maximum Gasteiger partial charge on any atom is 0.147 e. The number of hydrogen-bond donors (Lipinski definition) is 0. The Morgan fingerprint density at radius 2 is 0.658 bits per heavy atom. The van der Waals surface area contributed by atoms with E-state index in [0.717, 1.165) is 21.2 Å². The zero-order chi connectivity index (χ0) is 26.5. The Morgan fingerprint density at radius 1 is 0.421 bits per heavy atom. The van der Waals surface area contributed by atoms with Crippen molar-refractivity contribution in [1.29, 1.82) is 0 Å². The summed E-state index contributed by atoms with van der Waals surface area (Å²) in [5.41, 5.74) is 0. The average Bonchev–Trinajstić information content (AvgIpc) is 2.98. The first-order valence-corrected chi connectivity index (χ1v) is 17.2. The molecule has 0 saturated carbocycles. The summed E-state index contributed by atoms with van der Waals surface area (Å²) in [7, 11) is -2.63. The Morgan fingerprint density at radius 3 is 0.868 bits per heavy atom. The molecule has 0 atom stereocenters. The molecule has 0 aliphatic carbocycles. The molecule has 0 spiro atoms. The van der Waals surface area contributed by atoms with Crippen molar-refractivity contribution >= 4 is 71.2 Å². The molecule has 0 radical (unpaired) electrons. The van der Waals surface area contributed by atoms with Crippen molar-refractivity contribution in [2.45, 2.75) is 9.79 Å². The van der Waals surface area contributed by atoms with Gasteiger partial charge in [0.25, 0.3) is 0 Å². The molecule has 0 aliphatic rings. The van der Waals surface area contributed by atoms with Gasteiger partial charge in [0.2, 0.25) is 0 Å². The lowest BCUT2D eigenvalue weighted by molar-refractivity contribution is 0.577. The lowest BCUT2D eigenvalue weighted by Crippen LogP contribution is -2.32. The summed E-state index contributed by atoms with van der Waals surface area (Å²) in [4.78, 5) is 0.793. The Kier molecular flexibility index (Phi) is 8.97. The molecule has 5 aromatic carbocycles. The third-order valence-corrected chi connectivity index (χ3v) is 13.0. The smallest absolute Gasteiger partial charge is 0.147 e. The van der Waals surface area contributed by atoms with Crippen molar-refractivity contribution in [2.75, 3.05) is 12.5 Å². The van der Waals surface area contributed by atoms with E-state index in [2.05, 4.69) is 0 Å². The second kappa shape index (κ2) is 12.6. The number of benzene rings is 5. The van der Waals surface area contributed by atoms with Crippen LogP contribution in [-0.2, 0) is 0 Å². The average molecular weight is 575 g/mol. The van der Waals surface area contributed by atoms with Crippen molar-refractivity contribution < 1.29 is 8.78 Å². The van der Waals surface area contributed by atoms with Gasteiger partial charge in [-0.3, -0.25) is 0 Å². The molecule has 0 nitrogen and oxygen atoms in total. The SMILES string of the molecule is CSc1c(F)c(P(c2ccccc2)c2ccccc2)c(SC)c(F)c1P(c1ccccc1)c1ccccc1. The number of rotatable bonds is 8. The van der Waals surface area contributed by atoms with Gasteiger partial charge in [0, 0.05) is 10.6 Å². The molecule has 0 unspecified atom stereocenters. The molecular weight excluding hydrogens is 548 g/mol. The molecule has 38 heavy (non-hydrogen) atoms.